The molecular weight excluding hydrogens is 410 g/mol. The minimum atomic E-state index is -0.764. The van der Waals surface area contributed by atoms with Crippen molar-refractivity contribution < 1.29 is 18.3 Å². The summed E-state index contributed by atoms with van der Waals surface area (Å²) in [5, 5.41) is 0. The summed E-state index contributed by atoms with van der Waals surface area (Å²) >= 11 is 6.25. The van der Waals surface area contributed by atoms with Crippen LogP contribution in [0.3, 0.4) is 0 Å². The van der Waals surface area contributed by atoms with Gasteiger partial charge in [-0.25, -0.2) is 8.78 Å². The molecule has 2 rings (SSSR count). The summed E-state index contributed by atoms with van der Waals surface area (Å²) < 4.78 is 33.6. The highest BCUT2D eigenvalue weighted by atomic mass is 79.9. The molecule has 0 aliphatic carbocycles. The van der Waals surface area contributed by atoms with Crippen molar-refractivity contribution in [2.45, 2.75) is 6.42 Å². The van der Waals surface area contributed by atoms with Crippen molar-refractivity contribution in [3.05, 3.63) is 62.0 Å². The van der Waals surface area contributed by atoms with Crippen LogP contribution in [0.25, 0.3) is 0 Å². The van der Waals surface area contributed by atoms with Gasteiger partial charge in [0.15, 0.2) is 5.78 Å². The van der Waals surface area contributed by atoms with Crippen molar-refractivity contribution in [3.8, 4) is 5.75 Å². The number of Topliss-reactive ketones (excluding diaryl/α,β-unsaturated/α-hetero) is 1. The summed E-state index contributed by atoms with van der Waals surface area (Å²) in [6.45, 7) is 0. The van der Waals surface area contributed by atoms with Crippen molar-refractivity contribution in [1.29, 1.82) is 0 Å². The SMILES string of the molecule is COc1cc(Br)ccc1C(=O)Cc1c(F)ccc(Br)c1F. The number of carbonyl (C=O) groups excluding carboxylic acids is 1. The maximum absolute atomic E-state index is 13.9. The van der Waals surface area contributed by atoms with Crippen molar-refractivity contribution in [2.24, 2.45) is 0 Å². The molecule has 0 heterocycles. The standard InChI is InChI=1S/C15H10Br2F2O2/c1-21-14-6-8(16)2-3-9(14)13(20)7-10-12(18)5-4-11(17)15(10)19/h2-6H,7H2,1H3. The number of rotatable bonds is 4. The molecule has 0 aliphatic rings. The van der Waals surface area contributed by atoms with Gasteiger partial charge >= 0.3 is 0 Å². The molecule has 0 aromatic heterocycles. The summed E-state index contributed by atoms with van der Waals surface area (Å²) in [5.41, 5.74) is 0.0128. The van der Waals surface area contributed by atoms with Crippen LogP contribution in [-0.4, -0.2) is 12.9 Å². The molecule has 2 aromatic carbocycles. The van der Waals surface area contributed by atoms with E-state index < -0.39 is 17.4 Å². The number of methoxy groups -OCH3 is 1. The number of carbonyl (C=O) groups is 1. The molecule has 0 N–H and O–H groups in total. The number of benzene rings is 2. The van der Waals surface area contributed by atoms with Crippen LogP contribution in [0.4, 0.5) is 8.78 Å². The summed E-state index contributed by atoms with van der Waals surface area (Å²) in [6.07, 6.45) is -0.380. The molecule has 6 heteroatoms. The molecule has 2 aromatic rings. The van der Waals surface area contributed by atoms with Crippen LogP contribution < -0.4 is 4.74 Å². The zero-order chi connectivity index (χ0) is 15.6. The Morgan fingerprint density at radius 1 is 1.19 bits per heavy atom. The van der Waals surface area contributed by atoms with Crippen LogP contribution in [0.1, 0.15) is 15.9 Å². The van der Waals surface area contributed by atoms with Gasteiger partial charge in [-0.2, -0.15) is 0 Å². The highest BCUT2D eigenvalue weighted by Gasteiger charge is 2.19. The second-order valence-electron chi connectivity index (χ2n) is 4.27. The lowest BCUT2D eigenvalue weighted by Crippen LogP contribution is -2.09. The molecular formula is C15H10Br2F2O2. The van der Waals surface area contributed by atoms with Gasteiger partial charge in [0.1, 0.15) is 17.4 Å². The maximum Gasteiger partial charge on any atom is 0.171 e. The first-order valence-electron chi connectivity index (χ1n) is 5.93. The summed E-state index contributed by atoms with van der Waals surface area (Å²) in [5.74, 6) is -1.58. The molecule has 0 saturated carbocycles. The van der Waals surface area contributed by atoms with Gasteiger partial charge in [-0.1, -0.05) is 15.9 Å². The molecule has 0 saturated heterocycles. The Bertz CT molecular complexity index is 702. The van der Waals surface area contributed by atoms with Crippen LogP contribution >= 0.6 is 31.9 Å². The highest BCUT2D eigenvalue weighted by molar-refractivity contribution is 9.10. The van der Waals surface area contributed by atoms with E-state index in [1.54, 1.807) is 18.2 Å². The van der Waals surface area contributed by atoms with E-state index in [0.29, 0.717) is 5.75 Å². The zero-order valence-corrected chi connectivity index (χ0v) is 14.1. The van der Waals surface area contributed by atoms with E-state index in [4.69, 9.17) is 4.74 Å². The van der Waals surface area contributed by atoms with Crippen LogP contribution in [0.5, 0.6) is 5.75 Å². The molecule has 110 valence electrons. The average molecular weight is 420 g/mol. The second kappa shape index (κ2) is 6.66. The fourth-order valence-electron chi connectivity index (χ4n) is 1.88. The minimum Gasteiger partial charge on any atom is -0.496 e. The lowest BCUT2D eigenvalue weighted by atomic mass is 10.0. The van der Waals surface area contributed by atoms with Gasteiger partial charge in [-0.05, 0) is 46.3 Å². The molecule has 0 unspecified atom stereocenters. The molecule has 0 fully saturated rings. The topological polar surface area (TPSA) is 26.3 Å². The van der Waals surface area contributed by atoms with E-state index in [0.717, 1.165) is 10.5 Å². The number of ketones is 1. The van der Waals surface area contributed by atoms with Crippen molar-refractivity contribution in [3.63, 3.8) is 0 Å². The Morgan fingerprint density at radius 2 is 1.90 bits per heavy atom. The number of ether oxygens (including phenoxy) is 1. The Hall–Kier alpha value is -1.27. The summed E-state index contributed by atoms with van der Waals surface area (Å²) in [7, 11) is 1.43. The van der Waals surface area contributed by atoms with Gasteiger partial charge in [-0.15, -0.1) is 0 Å². The van der Waals surface area contributed by atoms with Gasteiger partial charge < -0.3 is 4.74 Å². The van der Waals surface area contributed by atoms with E-state index in [1.807, 2.05) is 0 Å². The predicted molar refractivity (Wildman–Crippen MR) is 82.8 cm³/mol. The first kappa shape index (κ1) is 16.1. The third-order valence-electron chi connectivity index (χ3n) is 2.94. The third kappa shape index (κ3) is 3.49. The first-order chi connectivity index (χ1) is 9.93. The molecule has 0 spiro atoms. The lowest BCUT2D eigenvalue weighted by Gasteiger charge is -2.10. The Labute approximate surface area is 137 Å². The third-order valence-corrected chi connectivity index (χ3v) is 4.05. The van der Waals surface area contributed by atoms with E-state index in [-0.39, 0.29) is 22.0 Å². The highest BCUT2D eigenvalue weighted by Crippen LogP contribution is 2.27. The normalized spacial score (nSPS) is 10.5. The van der Waals surface area contributed by atoms with Gasteiger partial charge in [-0.3, -0.25) is 4.79 Å². The lowest BCUT2D eigenvalue weighted by molar-refractivity contribution is 0.0987. The molecule has 21 heavy (non-hydrogen) atoms. The first-order valence-corrected chi connectivity index (χ1v) is 7.51. The van der Waals surface area contributed by atoms with Crippen LogP contribution in [0.15, 0.2) is 39.3 Å². The monoisotopic (exact) mass is 418 g/mol. The van der Waals surface area contributed by atoms with Crippen molar-refractivity contribution in [1.82, 2.24) is 0 Å². The molecule has 0 amide bonds. The van der Waals surface area contributed by atoms with E-state index in [2.05, 4.69) is 31.9 Å². The van der Waals surface area contributed by atoms with Crippen LogP contribution in [-0.2, 0) is 6.42 Å². The minimum absolute atomic E-state index is 0.120. The van der Waals surface area contributed by atoms with Crippen LogP contribution in [0, 0.1) is 11.6 Å². The van der Waals surface area contributed by atoms with Crippen molar-refractivity contribution >= 4 is 37.6 Å². The zero-order valence-electron chi connectivity index (χ0n) is 10.9. The predicted octanol–water partition coefficient (Wildman–Crippen LogP) is 4.92. The maximum atomic E-state index is 13.9. The molecule has 0 aliphatic heterocycles. The number of hydrogen-bond acceptors (Lipinski definition) is 2. The molecule has 2 nitrogen and oxygen atoms in total. The van der Waals surface area contributed by atoms with Gasteiger partial charge in [0.2, 0.25) is 0 Å². The van der Waals surface area contributed by atoms with E-state index in [1.165, 1.54) is 13.2 Å². The average Bonchev–Trinajstić information content (AvgIpc) is 2.47. The van der Waals surface area contributed by atoms with Gasteiger partial charge in [0, 0.05) is 16.5 Å². The quantitative estimate of drug-likeness (QED) is 0.519. The Kier molecular flexibility index (Phi) is 5.11. The van der Waals surface area contributed by atoms with Gasteiger partial charge in [0.05, 0.1) is 17.1 Å². The largest absolute Gasteiger partial charge is 0.496 e. The summed E-state index contributed by atoms with van der Waals surface area (Å²) in [6, 6.07) is 7.23. The molecule has 0 radical (unpaired) electrons. The van der Waals surface area contributed by atoms with Crippen molar-refractivity contribution in [2.75, 3.05) is 7.11 Å². The fraction of sp³-hybridized carbons (Fsp3) is 0.133. The second-order valence-corrected chi connectivity index (χ2v) is 6.04. The van der Waals surface area contributed by atoms with E-state index in [9.17, 15) is 13.6 Å². The van der Waals surface area contributed by atoms with E-state index >= 15 is 0 Å². The number of hydrogen-bond donors (Lipinski definition) is 0. The Morgan fingerprint density at radius 3 is 2.57 bits per heavy atom. The smallest absolute Gasteiger partial charge is 0.171 e. The Balaban J connectivity index is 2.37. The summed E-state index contributed by atoms with van der Waals surface area (Å²) in [4.78, 5) is 12.3. The molecule has 0 bridgehead atoms. The fourth-order valence-corrected chi connectivity index (χ4v) is 2.59. The van der Waals surface area contributed by atoms with Crippen LogP contribution in [0.2, 0.25) is 0 Å². The molecule has 0 atom stereocenters. The number of halogens is 4. The van der Waals surface area contributed by atoms with Gasteiger partial charge in [0.25, 0.3) is 0 Å².